The number of rotatable bonds is 3. The number of allylic oxidation sites excluding steroid dienone is 1. The molecular weight excluding hydrogens is 435 g/mol. The van der Waals surface area contributed by atoms with E-state index in [0.29, 0.717) is 46.9 Å². The Labute approximate surface area is 189 Å². The smallest absolute Gasteiger partial charge is 0.232 e. The van der Waals surface area contributed by atoms with Crippen LogP contribution in [0.5, 0.6) is 11.5 Å². The van der Waals surface area contributed by atoms with Crippen LogP contribution in [0.15, 0.2) is 54.4 Å². The molecule has 0 fully saturated rings. The van der Waals surface area contributed by atoms with Gasteiger partial charge < -0.3 is 9.47 Å². The summed E-state index contributed by atoms with van der Waals surface area (Å²) < 4.78 is 12.1. The number of ether oxygens (including phenoxy) is 2. The van der Waals surface area contributed by atoms with E-state index in [2.05, 4.69) is 9.88 Å². The molecule has 31 heavy (non-hydrogen) atoms. The zero-order valence-electron chi connectivity index (χ0n) is 16.7. The third kappa shape index (κ3) is 3.81. The number of carbonyl (C=O) groups is 1. The van der Waals surface area contributed by atoms with Gasteiger partial charge in [0, 0.05) is 25.4 Å². The maximum Gasteiger partial charge on any atom is 0.232 e. The van der Waals surface area contributed by atoms with E-state index < -0.39 is 0 Å². The standard InChI is InChI=1S/C24H18Cl2N2O3/c1-14-8-20-17(12-28(13-30-20)11-15-5-6-18(25)19(26)9-15)24-22(14)23(29)21(31-24)10-16-4-2-3-7-27-16/h2-10H,11-13H2,1H3/b21-10-. The van der Waals surface area contributed by atoms with Crippen LogP contribution >= 0.6 is 23.2 Å². The predicted molar refractivity (Wildman–Crippen MR) is 120 cm³/mol. The summed E-state index contributed by atoms with van der Waals surface area (Å²) in [5.74, 6) is 1.45. The van der Waals surface area contributed by atoms with Crippen LogP contribution in [-0.2, 0) is 13.1 Å². The van der Waals surface area contributed by atoms with Gasteiger partial charge in [0.2, 0.25) is 5.78 Å². The minimum absolute atomic E-state index is 0.137. The summed E-state index contributed by atoms with van der Waals surface area (Å²) in [5.41, 5.74) is 3.98. The van der Waals surface area contributed by atoms with E-state index in [4.69, 9.17) is 32.7 Å². The third-order valence-corrected chi connectivity index (χ3v) is 6.08. The summed E-state index contributed by atoms with van der Waals surface area (Å²) in [5, 5.41) is 1.05. The van der Waals surface area contributed by atoms with Crippen molar-refractivity contribution < 1.29 is 14.3 Å². The monoisotopic (exact) mass is 452 g/mol. The van der Waals surface area contributed by atoms with E-state index >= 15 is 0 Å². The highest BCUT2D eigenvalue weighted by atomic mass is 35.5. The molecule has 0 spiro atoms. The third-order valence-electron chi connectivity index (χ3n) is 5.34. The van der Waals surface area contributed by atoms with Crippen molar-refractivity contribution in [3.8, 4) is 11.5 Å². The van der Waals surface area contributed by atoms with Gasteiger partial charge in [-0.15, -0.1) is 0 Å². The first-order valence-corrected chi connectivity index (χ1v) is 10.6. The normalized spacial score (nSPS) is 16.6. The van der Waals surface area contributed by atoms with E-state index in [1.807, 2.05) is 43.3 Å². The van der Waals surface area contributed by atoms with Crippen molar-refractivity contribution in [1.82, 2.24) is 9.88 Å². The van der Waals surface area contributed by atoms with Crippen LogP contribution in [0, 0.1) is 6.92 Å². The van der Waals surface area contributed by atoms with Crippen LogP contribution in [0.3, 0.4) is 0 Å². The van der Waals surface area contributed by atoms with Crippen molar-refractivity contribution >= 4 is 35.1 Å². The van der Waals surface area contributed by atoms with Gasteiger partial charge in [-0.05, 0) is 48.4 Å². The van der Waals surface area contributed by atoms with Gasteiger partial charge in [-0.1, -0.05) is 35.3 Å². The van der Waals surface area contributed by atoms with Gasteiger partial charge in [-0.3, -0.25) is 14.7 Å². The highest BCUT2D eigenvalue weighted by Crippen LogP contribution is 2.44. The molecule has 156 valence electrons. The molecule has 0 saturated carbocycles. The van der Waals surface area contributed by atoms with Crippen molar-refractivity contribution in [3.63, 3.8) is 0 Å². The van der Waals surface area contributed by atoms with Crippen molar-refractivity contribution in [1.29, 1.82) is 0 Å². The number of pyridine rings is 1. The molecule has 1 aromatic heterocycles. The number of halogens is 2. The number of carbonyl (C=O) groups excluding carboxylic acids is 1. The number of Topliss-reactive ketones (excluding diaryl/α,β-unsaturated/α-hetero) is 1. The predicted octanol–water partition coefficient (Wildman–Crippen LogP) is 5.67. The average Bonchev–Trinajstić information content (AvgIpc) is 3.09. The number of hydrogen-bond acceptors (Lipinski definition) is 5. The van der Waals surface area contributed by atoms with Crippen molar-refractivity contribution in [2.24, 2.45) is 0 Å². The highest BCUT2D eigenvalue weighted by Gasteiger charge is 2.35. The molecule has 0 radical (unpaired) electrons. The average molecular weight is 453 g/mol. The maximum atomic E-state index is 13.0. The zero-order valence-corrected chi connectivity index (χ0v) is 18.2. The number of fused-ring (bicyclic) bond motifs is 3. The Kier molecular flexibility index (Phi) is 5.18. The van der Waals surface area contributed by atoms with Crippen LogP contribution < -0.4 is 9.47 Å². The van der Waals surface area contributed by atoms with E-state index in [-0.39, 0.29) is 11.5 Å². The minimum Gasteiger partial charge on any atom is -0.478 e. The fourth-order valence-corrected chi connectivity index (χ4v) is 4.19. The van der Waals surface area contributed by atoms with E-state index in [1.165, 1.54) is 0 Å². The Morgan fingerprint density at radius 2 is 2.03 bits per heavy atom. The molecule has 0 N–H and O–H groups in total. The van der Waals surface area contributed by atoms with E-state index in [1.54, 1.807) is 18.3 Å². The first kappa shape index (κ1) is 20.1. The van der Waals surface area contributed by atoms with Crippen molar-refractivity contribution in [2.45, 2.75) is 20.0 Å². The SMILES string of the molecule is Cc1cc2c(c3c1C(=O)/C(=C/c1ccccn1)O3)CN(Cc1ccc(Cl)c(Cl)c1)CO2. The lowest BCUT2D eigenvalue weighted by Crippen LogP contribution is -2.31. The number of aryl methyl sites for hydroxylation is 1. The van der Waals surface area contributed by atoms with E-state index in [0.717, 1.165) is 22.4 Å². The number of hydrogen-bond donors (Lipinski definition) is 0. The summed E-state index contributed by atoms with van der Waals surface area (Å²) >= 11 is 12.2. The summed E-state index contributed by atoms with van der Waals surface area (Å²) in [7, 11) is 0. The molecule has 0 bridgehead atoms. The Morgan fingerprint density at radius 3 is 2.81 bits per heavy atom. The van der Waals surface area contributed by atoms with Crippen LogP contribution in [0.1, 0.15) is 32.7 Å². The second-order valence-electron chi connectivity index (χ2n) is 7.58. The second kappa shape index (κ2) is 8.00. The molecule has 7 heteroatoms. The molecule has 5 rings (SSSR count). The molecule has 0 saturated heterocycles. The molecule has 0 amide bonds. The molecule has 0 unspecified atom stereocenters. The van der Waals surface area contributed by atoms with Gasteiger partial charge in [0.15, 0.2) is 5.76 Å². The lowest BCUT2D eigenvalue weighted by molar-refractivity contribution is 0.0872. The van der Waals surface area contributed by atoms with Gasteiger partial charge in [0.05, 0.1) is 26.9 Å². The summed E-state index contributed by atoms with van der Waals surface area (Å²) in [4.78, 5) is 19.4. The number of aromatic nitrogens is 1. The molecule has 2 aliphatic heterocycles. The van der Waals surface area contributed by atoms with Gasteiger partial charge in [-0.2, -0.15) is 0 Å². The molecular formula is C24H18Cl2N2O3. The fourth-order valence-electron chi connectivity index (χ4n) is 3.87. The fraction of sp³-hybridized carbons (Fsp3) is 0.167. The molecule has 2 aliphatic rings. The molecule has 2 aromatic carbocycles. The Bertz CT molecular complexity index is 1230. The first-order chi connectivity index (χ1) is 15.0. The molecule has 3 aromatic rings. The van der Waals surface area contributed by atoms with E-state index in [9.17, 15) is 4.79 Å². The maximum absolute atomic E-state index is 13.0. The number of nitrogens with zero attached hydrogens (tertiary/aromatic N) is 2. The van der Waals surface area contributed by atoms with Crippen LogP contribution in [0.25, 0.3) is 6.08 Å². The summed E-state index contributed by atoms with van der Waals surface area (Å²) in [6.07, 6.45) is 3.35. The minimum atomic E-state index is -0.137. The van der Waals surface area contributed by atoms with Crippen LogP contribution in [-0.4, -0.2) is 22.4 Å². The van der Waals surface area contributed by atoms with Gasteiger partial charge in [0.1, 0.15) is 18.2 Å². The van der Waals surface area contributed by atoms with Gasteiger partial charge in [0.25, 0.3) is 0 Å². The van der Waals surface area contributed by atoms with Crippen LogP contribution in [0.4, 0.5) is 0 Å². The van der Waals surface area contributed by atoms with Gasteiger partial charge >= 0.3 is 0 Å². The topological polar surface area (TPSA) is 51.7 Å². The summed E-state index contributed by atoms with van der Waals surface area (Å²) in [6, 6.07) is 13.0. The van der Waals surface area contributed by atoms with Crippen molar-refractivity contribution in [2.75, 3.05) is 6.73 Å². The van der Waals surface area contributed by atoms with Gasteiger partial charge in [-0.25, -0.2) is 0 Å². The molecule has 3 heterocycles. The largest absolute Gasteiger partial charge is 0.478 e. The molecule has 0 aliphatic carbocycles. The number of benzene rings is 2. The summed E-state index contributed by atoms with van der Waals surface area (Å²) in [6.45, 7) is 3.54. The van der Waals surface area contributed by atoms with Crippen LogP contribution in [0.2, 0.25) is 10.0 Å². The quantitative estimate of drug-likeness (QED) is 0.479. The zero-order chi connectivity index (χ0) is 21.5. The first-order valence-electron chi connectivity index (χ1n) is 9.80. The second-order valence-corrected chi connectivity index (χ2v) is 8.39. The Morgan fingerprint density at radius 1 is 1.16 bits per heavy atom. The molecule has 0 atom stereocenters. The Hall–Kier alpha value is -2.86. The Balaban J connectivity index is 1.45. The lowest BCUT2D eigenvalue weighted by Gasteiger charge is -2.30. The number of ketones is 1. The van der Waals surface area contributed by atoms with Crippen molar-refractivity contribution in [3.05, 3.63) is 92.4 Å². The lowest BCUT2D eigenvalue weighted by atomic mass is 9.98. The molecule has 5 nitrogen and oxygen atoms in total. The highest BCUT2D eigenvalue weighted by molar-refractivity contribution is 6.42.